The summed E-state index contributed by atoms with van der Waals surface area (Å²) < 4.78 is 5.32. The Balaban J connectivity index is 1.79. The van der Waals surface area contributed by atoms with Crippen LogP contribution in [0.1, 0.15) is 30.1 Å². The molecule has 2 N–H and O–H groups in total. The number of hydrogen-bond acceptors (Lipinski definition) is 5. The van der Waals surface area contributed by atoms with Crippen LogP contribution in [0.25, 0.3) is 0 Å². The Morgan fingerprint density at radius 1 is 1.78 bits per heavy atom. The van der Waals surface area contributed by atoms with Crippen molar-refractivity contribution in [2.45, 2.75) is 32.4 Å². The van der Waals surface area contributed by atoms with E-state index in [9.17, 15) is 4.79 Å². The molecule has 0 saturated carbocycles. The standard InChI is InChI=1S/C12H19N3O2S/c1-8-7-18-12(14-8)9(2)15-11(16)5-10-6-17-4-3-13-10/h7,9-10,13H,3-6H2,1-2H3,(H,15,16). The average Bonchev–Trinajstić information content (AvgIpc) is 2.77. The summed E-state index contributed by atoms with van der Waals surface area (Å²) in [5.74, 6) is 0.0401. The molecule has 2 rings (SSSR count). The van der Waals surface area contributed by atoms with E-state index < -0.39 is 0 Å². The number of amides is 1. The predicted molar refractivity (Wildman–Crippen MR) is 70.6 cm³/mol. The third kappa shape index (κ3) is 3.76. The van der Waals surface area contributed by atoms with Gasteiger partial charge >= 0.3 is 0 Å². The Labute approximate surface area is 111 Å². The van der Waals surface area contributed by atoms with Gasteiger partial charge in [0.15, 0.2) is 0 Å². The molecule has 1 amide bonds. The van der Waals surface area contributed by atoms with Crippen molar-refractivity contribution in [3.63, 3.8) is 0 Å². The second kappa shape index (κ2) is 6.26. The van der Waals surface area contributed by atoms with Crippen LogP contribution in [0.5, 0.6) is 0 Å². The number of morpholine rings is 1. The Morgan fingerprint density at radius 2 is 2.61 bits per heavy atom. The first-order valence-electron chi connectivity index (χ1n) is 6.17. The van der Waals surface area contributed by atoms with Crippen LogP contribution < -0.4 is 10.6 Å². The summed E-state index contributed by atoms with van der Waals surface area (Å²) in [5, 5.41) is 9.19. The van der Waals surface area contributed by atoms with Gasteiger partial charge in [-0.15, -0.1) is 11.3 Å². The first-order valence-corrected chi connectivity index (χ1v) is 7.05. The molecule has 1 aromatic rings. The highest BCUT2D eigenvalue weighted by Crippen LogP contribution is 2.17. The van der Waals surface area contributed by atoms with Gasteiger partial charge in [-0.1, -0.05) is 0 Å². The van der Waals surface area contributed by atoms with Gasteiger partial charge in [-0.05, 0) is 13.8 Å². The van der Waals surface area contributed by atoms with Gasteiger partial charge in [0, 0.05) is 30.1 Å². The average molecular weight is 269 g/mol. The number of carbonyl (C=O) groups is 1. The van der Waals surface area contributed by atoms with E-state index in [0.29, 0.717) is 13.0 Å². The second-order valence-electron chi connectivity index (χ2n) is 4.55. The lowest BCUT2D eigenvalue weighted by Gasteiger charge is -2.23. The van der Waals surface area contributed by atoms with Gasteiger partial charge in [0.25, 0.3) is 0 Å². The molecule has 1 aromatic heterocycles. The molecule has 2 unspecified atom stereocenters. The van der Waals surface area contributed by atoms with Crippen molar-refractivity contribution in [2.24, 2.45) is 0 Å². The fourth-order valence-corrected chi connectivity index (χ4v) is 2.71. The molecular formula is C12H19N3O2S. The zero-order chi connectivity index (χ0) is 13.0. The first-order chi connectivity index (χ1) is 8.65. The van der Waals surface area contributed by atoms with Crippen LogP contribution in [0.15, 0.2) is 5.38 Å². The van der Waals surface area contributed by atoms with Crippen molar-refractivity contribution >= 4 is 17.2 Å². The minimum absolute atomic E-state index is 0.0271. The van der Waals surface area contributed by atoms with Gasteiger partial charge < -0.3 is 15.4 Å². The molecule has 100 valence electrons. The van der Waals surface area contributed by atoms with Gasteiger partial charge in [0.2, 0.25) is 5.91 Å². The van der Waals surface area contributed by atoms with E-state index in [1.54, 1.807) is 11.3 Å². The monoisotopic (exact) mass is 269 g/mol. The fourth-order valence-electron chi connectivity index (χ4n) is 1.91. The fraction of sp³-hybridized carbons (Fsp3) is 0.667. The molecule has 5 nitrogen and oxygen atoms in total. The summed E-state index contributed by atoms with van der Waals surface area (Å²) in [6, 6.07) is 0.102. The van der Waals surface area contributed by atoms with E-state index in [1.807, 2.05) is 19.2 Å². The summed E-state index contributed by atoms with van der Waals surface area (Å²) >= 11 is 1.58. The number of carbonyl (C=O) groups excluding carboxylic acids is 1. The Kier molecular flexibility index (Phi) is 4.68. The molecule has 0 bridgehead atoms. The molecule has 1 fully saturated rings. The molecule has 6 heteroatoms. The van der Waals surface area contributed by atoms with E-state index in [4.69, 9.17) is 4.74 Å². The van der Waals surface area contributed by atoms with Gasteiger partial charge in [0.05, 0.1) is 19.3 Å². The molecule has 1 aliphatic rings. The summed E-state index contributed by atoms with van der Waals surface area (Å²) in [5.41, 5.74) is 0.999. The number of rotatable bonds is 4. The zero-order valence-corrected chi connectivity index (χ0v) is 11.5. The molecule has 2 heterocycles. The van der Waals surface area contributed by atoms with Crippen LogP contribution in [0, 0.1) is 6.92 Å². The van der Waals surface area contributed by atoms with Gasteiger partial charge in [-0.25, -0.2) is 4.98 Å². The molecule has 1 saturated heterocycles. The van der Waals surface area contributed by atoms with Gasteiger partial charge in [-0.3, -0.25) is 4.79 Å². The molecule has 18 heavy (non-hydrogen) atoms. The number of thiazole rings is 1. The maximum absolute atomic E-state index is 11.9. The molecule has 0 aliphatic carbocycles. The lowest BCUT2D eigenvalue weighted by atomic mass is 10.2. The highest BCUT2D eigenvalue weighted by atomic mass is 32.1. The number of hydrogen-bond donors (Lipinski definition) is 2. The molecule has 0 radical (unpaired) electrons. The third-order valence-corrected chi connectivity index (χ3v) is 3.96. The zero-order valence-electron chi connectivity index (χ0n) is 10.7. The Morgan fingerprint density at radius 3 is 3.22 bits per heavy atom. The van der Waals surface area contributed by atoms with Crippen molar-refractivity contribution in [3.8, 4) is 0 Å². The molecule has 1 aliphatic heterocycles. The van der Waals surface area contributed by atoms with E-state index in [0.717, 1.165) is 23.9 Å². The van der Waals surface area contributed by atoms with E-state index in [1.165, 1.54) is 0 Å². The predicted octanol–water partition coefficient (Wildman–Crippen LogP) is 1.01. The lowest BCUT2D eigenvalue weighted by molar-refractivity contribution is -0.122. The van der Waals surface area contributed by atoms with Crippen LogP contribution in [-0.2, 0) is 9.53 Å². The Hall–Kier alpha value is -0.980. The molecule has 2 atom stereocenters. The summed E-state index contributed by atoms with van der Waals surface area (Å²) in [7, 11) is 0. The number of aromatic nitrogens is 1. The summed E-state index contributed by atoms with van der Waals surface area (Å²) in [4.78, 5) is 16.2. The maximum atomic E-state index is 11.9. The SMILES string of the molecule is Cc1csc(C(C)NC(=O)CC2COCCN2)n1. The first kappa shape index (κ1) is 13.5. The lowest BCUT2D eigenvalue weighted by Crippen LogP contribution is -2.44. The van der Waals surface area contributed by atoms with Crippen molar-refractivity contribution in [1.29, 1.82) is 0 Å². The highest BCUT2D eigenvalue weighted by Gasteiger charge is 2.19. The number of ether oxygens (including phenoxy) is 1. The van der Waals surface area contributed by atoms with Gasteiger partial charge in [0.1, 0.15) is 5.01 Å². The van der Waals surface area contributed by atoms with E-state index in [-0.39, 0.29) is 18.0 Å². The Bertz CT molecular complexity index is 402. The number of aryl methyl sites for hydroxylation is 1. The number of nitrogens with one attached hydrogen (secondary N) is 2. The van der Waals surface area contributed by atoms with Gasteiger partial charge in [-0.2, -0.15) is 0 Å². The van der Waals surface area contributed by atoms with E-state index in [2.05, 4.69) is 15.6 Å². The van der Waals surface area contributed by atoms with E-state index >= 15 is 0 Å². The second-order valence-corrected chi connectivity index (χ2v) is 5.44. The van der Waals surface area contributed by atoms with Crippen LogP contribution in [-0.4, -0.2) is 36.7 Å². The maximum Gasteiger partial charge on any atom is 0.222 e. The quantitative estimate of drug-likeness (QED) is 0.856. The summed E-state index contributed by atoms with van der Waals surface area (Å²) in [6.07, 6.45) is 0.453. The molecule has 0 aromatic carbocycles. The topological polar surface area (TPSA) is 63.2 Å². The van der Waals surface area contributed by atoms with Crippen LogP contribution in [0.3, 0.4) is 0 Å². The normalized spacial score (nSPS) is 21.6. The van der Waals surface area contributed by atoms with Crippen molar-refractivity contribution < 1.29 is 9.53 Å². The van der Waals surface area contributed by atoms with Crippen LogP contribution >= 0.6 is 11.3 Å². The van der Waals surface area contributed by atoms with Crippen molar-refractivity contribution in [1.82, 2.24) is 15.6 Å². The smallest absolute Gasteiger partial charge is 0.222 e. The van der Waals surface area contributed by atoms with Crippen molar-refractivity contribution in [2.75, 3.05) is 19.8 Å². The van der Waals surface area contributed by atoms with Crippen LogP contribution in [0.2, 0.25) is 0 Å². The summed E-state index contributed by atoms with van der Waals surface area (Å²) in [6.45, 7) is 6.07. The minimum atomic E-state index is -0.0271. The third-order valence-electron chi connectivity index (χ3n) is 2.81. The minimum Gasteiger partial charge on any atom is -0.378 e. The largest absolute Gasteiger partial charge is 0.378 e. The highest BCUT2D eigenvalue weighted by molar-refractivity contribution is 7.09. The molecular weight excluding hydrogens is 250 g/mol. The van der Waals surface area contributed by atoms with Crippen molar-refractivity contribution in [3.05, 3.63) is 16.1 Å². The van der Waals surface area contributed by atoms with Crippen LogP contribution in [0.4, 0.5) is 0 Å². The molecule has 0 spiro atoms. The number of nitrogens with zero attached hydrogens (tertiary/aromatic N) is 1.